The Morgan fingerprint density at radius 3 is 2.94 bits per heavy atom. The van der Waals surface area contributed by atoms with Crippen LogP contribution < -0.4 is 0 Å². The average Bonchev–Trinajstić information content (AvgIpc) is 2.81. The lowest BCUT2D eigenvalue weighted by Gasteiger charge is -2.12. The van der Waals surface area contributed by atoms with E-state index in [-0.39, 0.29) is 6.54 Å². The van der Waals surface area contributed by atoms with Crippen molar-refractivity contribution < 1.29 is 9.50 Å². The maximum absolute atomic E-state index is 13.2. The molecule has 6 heteroatoms. The van der Waals surface area contributed by atoms with Gasteiger partial charge in [-0.25, -0.2) is 9.37 Å². The molecule has 0 spiro atoms. The van der Waals surface area contributed by atoms with Gasteiger partial charge in [0, 0.05) is 26.1 Å². The second-order valence-electron chi connectivity index (χ2n) is 4.83. The van der Waals surface area contributed by atoms with Gasteiger partial charge in [-0.2, -0.15) is 0 Å². The fourth-order valence-corrected chi connectivity index (χ4v) is 2.39. The van der Waals surface area contributed by atoms with E-state index in [1.54, 1.807) is 0 Å². The number of nitrogens with zero attached hydrogens (tertiary/aromatic N) is 2. The van der Waals surface area contributed by atoms with Crippen LogP contribution in [0.1, 0.15) is 31.3 Å². The molecule has 1 aromatic heterocycles. The van der Waals surface area contributed by atoms with E-state index in [0.29, 0.717) is 18.2 Å². The van der Waals surface area contributed by atoms with Gasteiger partial charge in [-0.1, -0.05) is 24.9 Å². The number of unbranched alkanes of at least 4 members (excludes halogenated alkanes) is 1. The molecule has 1 saturated heterocycles. The maximum Gasteiger partial charge on any atom is 0.151 e. The van der Waals surface area contributed by atoms with Gasteiger partial charge in [0.1, 0.15) is 12.0 Å². The van der Waals surface area contributed by atoms with E-state index in [9.17, 15) is 9.50 Å². The number of likely N-dealkylation sites (tertiary alicyclic amines) is 1. The highest BCUT2D eigenvalue weighted by molar-refractivity contribution is 6.30. The number of aliphatic hydroxyl groups is 1. The highest BCUT2D eigenvalue weighted by Crippen LogP contribution is 2.20. The van der Waals surface area contributed by atoms with Crippen LogP contribution in [-0.4, -0.2) is 45.3 Å². The minimum atomic E-state index is -1.16. The van der Waals surface area contributed by atoms with E-state index in [1.807, 2.05) is 4.90 Å². The Morgan fingerprint density at radius 2 is 2.33 bits per heavy atom. The number of hydrogen-bond donors (Lipinski definition) is 2. The number of β-amino-alcohol motifs (C(OH)–C–C–N with tert-alkyl or cyclic N) is 1. The first-order chi connectivity index (χ1) is 8.60. The Hall–Kier alpha value is -0.650. The van der Waals surface area contributed by atoms with Gasteiger partial charge in [0.2, 0.25) is 0 Å². The molecule has 1 aliphatic heterocycles. The number of aromatic nitrogens is 2. The Balaban J connectivity index is 1.95. The number of halogens is 2. The van der Waals surface area contributed by atoms with Crippen LogP contribution in [0, 0.1) is 0 Å². The lowest BCUT2D eigenvalue weighted by atomic mass is 10.2. The highest BCUT2D eigenvalue weighted by Gasteiger charge is 2.31. The Morgan fingerprint density at radius 1 is 1.56 bits per heavy atom. The number of aliphatic hydroxyl groups excluding tert-OH is 1. The summed E-state index contributed by atoms with van der Waals surface area (Å²) in [5, 5.41) is 9.82. The Bertz CT molecular complexity index is 389. The van der Waals surface area contributed by atoms with E-state index < -0.39 is 12.3 Å². The Kier molecular flexibility index (Phi) is 4.59. The van der Waals surface area contributed by atoms with E-state index in [1.165, 1.54) is 0 Å². The molecule has 2 heterocycles. The fraction of sp³-hybridized carbons (Fsp3) is 0.750. The summed E-state index contributed by atoms with van der Waals surface area (Å²) < 4.78 is 13.2. The second kappa shape index (κ2) is 5.99. The zero-order chi connectivity index (χ0) is 13.1. The highest BCUT2D eigenvalue weighted by atomic mass is 35.5. The summed E-state index contributed by atoms with van der Waals surface area (Å²) >= 11 is 6.05. The molecule has 1 aromatic rings. The predicted octanol–water partition coefficient (Wildman–Crippen LogP) is 1.92. The molecular weight excluding hydrogens is 257 g/mol. The molecule has 1 fully saturated rings. The van der Waals surface area contributed by atoms with Crippen molar-refractivity contribution in [2.75, 3.05) is 13.1 Å². The summed E-state index contributed by atoms with van der Waals surface area (Å²) in [4.78, 5) is 9.28. The molecule has 0 aliphatic carbocycles. The molecule has 2 atom stereocenters. The van der Waals surface area contributed by atoms with E-state index in [0.717, 1.165) is 30.8 Å². The smallest absolute Gasteiger partial charge is 0.151 e. The molecule has 0 aromatic carbocycles. The van der Waals surface area contributed by atoms with Gasteiger partial charge < -0.3 is 10.1 Å². The summed E-state index contributed by atoms with van der Waals surface area (Å²) in [6, 6.07) is 0. The van der Waals surface area contributed by atoms with Crippen molar-refractivity contribution in [3.63, 3.8) is 0 Å². The van der Waals surface area contributed by atoms with Gasteiger partial charge in [-0.15, -0.1) is 0 Å². The lowest BCUT2D eigenvalue weighted by Crippen LogP contribution is -2.21. The number of aromatic amines is 1. The summed E-state index contributed by atoms with van der Waals surface area (Å²) in [6.07, 6.45) is 1.01. The van der Waals surface area contributed by atoms with Crippen molar-refractivity contribution in [1.82, 2.24) is 14.9 Å². The van der Waals surface area contributed by atoms with Crippen LogP contribution in [-0.2, 0) is 13.0 Å². The molecule has 0 radical (unpaired) electrons. The average molecular weight is 276 g/mol. The van der Waals surface area contributed by atoms with Crippen LogP contribution in [0.15, 0.2) is 0 Å². The van der Waals surface area contributed by atoms with Crippen molar-refractivity contribution in [3.8, 4) is 0 Å². The zero-order valence-corrected chi connectivity index (χ0v) is 11.3. The van der Waals surface area contributed by atoms with Crippen LogP contribution in [0.5, 0.6) is 0 Å². The number of rotatable bonds is 5. The molecule has 18 heavy (non-hydrogen) atoms. The molecule has 102 valence electrons. The van der Waals surface area contributed by atoms with Gasteiger partial charge in [0.25, 0.3) is 0 Å². The fourth-order valence-electron chi connectivity index (χ4n) is 2.18. The SMILES string of the molecule is CCCCc1nc(Cl)c(CN2C[C@@H](O)[C@H](F)C2)[nH]1. The van der Waals surface area contributed by atoms with Crippen molar-refractivity contribution in [3.05, 3.63) is 16.7 Å². The van der Waals surface area contributed by atoms with Crippen LogP contribution in [0.3, 0.4) is 0 Å². The van der Waals surface area contributed by atoms with Crippen LogP contribution in [0.2, 0.25) is 5.15 Å². The van der Waals surface area contributed by atoms with Crippen LogP contribution >= 0.6 is 11.6 Å². The molecule has 2 N–H and O–H groups in total. The van der Waals surface area contributed by atoms with Gasteiger partial charge in [0.15, 0.2) is 5.15 Å². The molecule has 4 nitrogen and oxygen atoms in total. The summed E-state index contributed by atoms with van der Waals surface area (Å²) in [6.45, 7) is 3.23. The van der Waals surface area contributed by atoms with Crippen molar-refractivity contribution in [1.29, 1.82) is 0 Å². The third-order valence-electron chi connectivity index (χ3n) is 3.22. The second-order valence-corrected chi connectivity index (χ2v) is 5.19. The number of imidazole rings is 1. The first-order valence-corrected chi connectivity index (χ1v) is 6.75. The lowest BCUT2D eigenvalue weighted by molar-refractivity contribution is 0.115. The maximum atomic E-state index is 13.2. The molecule has 0 bridgehead atoms. The standard InChI is InChI=1S/C12H19ClFN3O/c1-2-3-4-11-15-9(12(13)16-11)6-17-5-8(14)10(18)7-17/h8,10,18H,2-7H2,1H3,(H,15,16)/t8-,10-/m1/s1. The number of aryl methyl sites for hydroxylation is 1. The van der Waals surface area contributed by atoms with Gasteiger partial charge in [-0.05, 0) is 6.42 Å². The van der Waals surface area contributed by atoms with Crippen molar-refractivity contribution in [2.24, 2.45) is 0 Å². The van der Waals surface area contributed by atoms with E-state index in [4.69, 9.17) is 11.6 Å². The van der Waals surface area contributed by atoms with Gasteiger partial charge >= 0.3 is 0 Å². The summed E-state index contributed by atoms with van der Waals surface area (Å²) in [7, 11) is 0. The first-order valence-electron chi connectivity index (χ1n) is 6.38. The van der Waals surface area contributed by atoms with Crippen LogP contribution in [0.4, 0.5) is 4.39 Å². The summed E-state index contributed by atoms with van der Waals surface area (Å²) in [5.41, 5.74) is 0.809. The predicted molar refractivity (Wildman–Crippen MR) is 68.4 cm³/mol. The topological polar surface area (TPSA) is 52.1 Å². The minimum absolute atomic E-state index is 0.251. The van der Waals surface area contributed by atoms with Gasteiger partial charge in [-0.3, -0.25) is 4.90 Å². The largest absolute Gasteiger partial charge is 0.389 e. The van der Waals surface area contributed by atoms with E-state index >= 15 is 0 Å². The molecule has 0 unspecified atom stereocenters. The summed E-state index contributed by atoms with van der Waals surface area (Å²) in [5.74, 6) is 0.883. The third-order valence-corrected chi connectivity index (χ3v) is 3.53. The number of alkyl halides is 1. The molecule has 1 aliphatic rings. The molecule has 2 rings (SSSR count). The van der Waals surface area contributed by atoms with Crippen LogP contribution in [0.25, 0.3) is 0 Å². The molecular formula is C12H19ClFN3O. The first kappa shape index (κ1) is 13.8. The zero-order valence-electron chi connectivity index (χ0n) is 10.5. The van der Waals surface area contributed by atoms with Crippen molar-refractivity contribution >= 4 is 11.6 Å². The monoisotopic (exact) mass is 275 g/mol. The molecule has 0 amide bonds. The number of hydrogen-bond acceptors (Lipinski definition) is 3. The number of H-pyrrole nitrogens is 1. The van der Waals surface area contributed by atoms with Gasteiger partial charge in [0.05, 0.1) is 11.8 Å². The third kappa shape index (κ3) is 3.22. The quantitative estimate of drug-likeness (QED) is 0.863. The van der Waals surface area contributed by atoms with E-state index in [2.05, 4.69) is 16.9 Å². The normalized spacial score (nSPS) is 24.9. The number of nitrogens with one attached hydrogen (secondary N) is 1. The van der Waals surface area contributed by atoms with Crippen molar-refractivity contribution in [2.45, 2.75) is 45.0 Å². The molecule has 0 saturated carbocycles. The minimum Gasteiger partial charge on any atom is -0.389 e. The Labute approximate surface area is 111 Å².